The number of H-pyrrole nitrogens is 2. The summed E-state index contributed by atoms with van der Waals surface area (Å²) >= 11 is 11.0. The smallest absolute Gasteiger partial charge is 0.228 e. The summed E-state index contributed by atoms with van der Waals surface area (Å²) in [6, 6.07) is 5.72. The van der Waals surface area contributed by atoms with Crippen molar-refractivity contribution >= 4 is 46.4 Å². The molecule has 88 valence electrons. The number of carbonyl (C=O) groups is 1. The van der Waals surface area contributed by atoms with E-state index >= 15 is 0 Å². The van der Waals surface area contributed by atoms with Crippen LogP contribution < -0.4 is 4.90 Å². The molecule has 0 spiro atoms. The number of nitrogens with one attached hydrogen (secondary N) is 2. The van der Waals surface area contributed by atoms with Gasteiger partial charge in [0.2, 0.25) is 5.91 Å². The third-order valence-corrected chi connectivity index (χ3v) is 3.39. The number of carbonyl (C=O) groups excluding carboxylic acids is 1. The van der Waals surface area contributed by atoms with Crippen LogP contribution in [0.5, 0.6) is 0 Å². The molecule has 1 unspecified atom stereocenters. The molecule has 0 radical (unpaired) electrons. The Balaban J connectivity index is 2.06. The maximum absolute atomic E-state index is 11.7. The number of benzene rings is 1. The zero-order valence-electron chi connectivity index (χ0n) is 8.87. The van der Waals surface area contributed by atoms with Crippen molar-refractivity contribution in [2.24, 2.45) is 0 Å². The van der Waals surface area contributed by atoms with Crippen LogP contribution in [0.15, 0.2) is 18.2 Å². The molecule has 1 amide bonds. The monoisotopic (exact) mass is 267 g/mol. The van der Waals surface area contributed by atoms with Crippen LogP contribution in [0.1, 0.15) is 6.42 Å². The zero-order valence-corrected chi connectivity index (χ0v) is 10.4. The van der Waals surface area contributed by atoms with Gasteiger partial charge in [-0.1, -0.05) is 0 Å². The summed E-state index contributed by atoms with van der Waals surface area (Å²) in [5.41, 5.74) is 2.70. The minimum absolute atomic E-state index is 0.0680. The number of hydrogen-bond donors (Lipinski definition) is 2. The number of aromatic nitrogens is 2. The molecule has 0 bridgehead atoms. The zero-order chi connectivity index (χ0) is 12.0. The van der Waals surface area contributed by atoms with Crippen molar-refractivity contribution in [2.45, 2.75) is 11.8 Å². The topological polar surface area (TPSA) is 51.9 Å². The van der Waals surface area contributed by atoms with Crippen molar-refractivity contribution in [3.8, 4) is 0 Å². The van der Waals surface area contributed by atoms with E-state index in [9.17, 15) is 4.79 Å². The van der Waals surface area contributed by atoms with Gasteiger partial charge in [-0.3, -0.25) is 4.79 Å². The van der Waals surface area contributed by atoms with Gasteiger partial charge in [-0.25, -0.2) is 0 Å². The quantitative estimate of drug-likeness (QED) is 0.616. The number of anilines is 1. The Morgan fingerprint density at radius 2 is 2.12 bits per heavy atom. The molecule has 2 aromatic rings. The molecule has 1 saturated heterocycles. The second-order valence-electron chi connectivity index (χ2n) is 4.11. The van der Waals surface area contributed by atoms with Crippen LogP contribution in [0, 0.1) is 4.77 Å². The van der Waals surface area contributed by atoms with Crippen molar-refractivity contribution < 1.29 is 4.79 Å². The lowest BCUT2D eigenvalue weighted by Crippen LogP contribution is -2.24. The van der Waals surface area contributed by atoms with Crippen molar-refractivity contribution in [2.75, 3.05) is 11.4 Å². The van der Waals surface area contributed by atoms with Crippen LogP contribution in [0.25, 0.3) is 11.0 Å². The van der Waals surface area contributed by atoms with Crippen LogP contribution in [-0.4, -0.2) is 27.8 Å². The van der Waals surface area contributed by atoms with Crippen LogP contribution in [0.4, 0.5) is 5.69 Å². The van der Waals surface area contributed by atoms with E-state index in [4.69, 9.17) is 23.8 Å². The molecule has 17 heavy (non-hydrogen) atoms. The molecule has 3 rings (SSSR count). The average molecular weight is 268 g/mol. The fourth-order valence-electron chi connectivity index (χ4n) is 2.10. The molecule has 2 N–H and O–H groups in total. The van der Waals surface area contributed by atoms with E-state index in [-0.39, 0.29) is 11.3 Å². The molecular weight excluding hydrogens is 258 g/mol. The van der Waals surface area contributed by atoms with Gasteiger partial charge in [0.25, 0.3) is 0 Å². The second-order valence-corrected chi connectivity index (χ2v) is 5.14. The maximum Gasteiger partial charge on any atom is 0.228 e. The van der Waals surface area contributed by atoms with Gasteiger partial charge >= 0.3 is 0 Å². The van der Waals surface area contributed by atoms with Gasteiger partial charge in [0.1, 0.15) is 0 Å². The largest absolute Gasteiger partial charge is 0.331 e. The van der Waals surface area contributed by atoms with E-state index in [1.807, 2.05) is 18.2 Å². The average Bonchev–Trinajstić information content (AvgIpc) is 2.78. The van der Waals surface area contributed by atoms with E-state index in [1.54, 1.807) is 4.90 Å². The molecule has 6 heteroatoms. The molecule has 2 heterocycles. The third-order valence-electron chi connectivity index (χ3n) is 2.89. The van der Waals surface area contributed by atoms with Crippen LogP contribution in [-0.2, 0) is 4.79 Å². The summed E-state index contributed by atoms with van der Waals surface area (Å²) in [4.78, 5) is 19.5. The number of alkyl halides is 1. The summed E-state index contributed by atoms with van der Waals surface area (Å²) < 4.78 is 0.583. The summed E-state index contributed by atoms with van der Waals surface area (Å²) in [5.74, 6) is 0.0680. The fraction of sp³-hybridized carbons (Fsp3) is 0.273. The lowest BCUT2D eigenvalue weighted by atomic mass is 10.2. The molecule has 0 aliphatic carbocycles. The number of amides is 1. The molecule has 0 saturated carbocycles. The SMILES string of the molecule is O=C1CC(Cl)CN1c1ccc2[nH]c(=S)[nH]c2c1. The van der Waals surface area contributed by atoms with Gasteiger partial charge in [0.15, 0.2) is 4.77 Å². The number of fused-ring (bicyclic) bond motifs is 1. The summed E-state index contributed by atoms with van der Waals surface area (Å²) in [7, 11) is 0. The number of aromatic amines is 2. The van der Waals surface area contributed by atoms with E-state index in [2.05, 4.69) is 9.97 Å². The molecule has 1 atom stereocenters. The molecule has 1 aliphatic rings. The van der Waals surface area contributed by atoms with Crippen molar-refractivity contribution in [1.82, 2.24) is 9.97 Å². The first kappa shape index (κ1) is 10.8. The number of imidazole rings is 1. The Morgan fingerprint density at radius 3 is 2.82 bits per heavy atom. The minimum atomic E-state index is -0.0945. The van der Waals surface area contributed by atoms with Gasteiger partial charge in [0.05, 0.1) is 16.4 Å². The number of halogens is 1. The highest BCUT2D eigenvalue weighted by atomic mass is 35.5. The Bertz CT molecular complexity index is 647. The highest BCUT2D eigenvalue weighted by Crippen LogP contribution is 2.26. The van der Waals surface area contributed by atoms with Crippen molar-refractivity contribution in [3.63, 3.8) is 0 Å². The number of nitrogens with zero attached hydrogens (tertiary/aromatic N) is 1. The van der Waals surface area contributed by atoms with Crippen molar-refractivity contribution in [3.05, 3.63) is 23.0 Å². The Morgan fingerprint density at radius 1 is 1.35 bits per heavy atom. The van der Waals surface area contributed by atoms with Gasteiger partial charge in [-0.05, 0) is 30.4 Å². The van der Waals surface area contributed by atoms with Gasteiger partial charge in [-0.2, -0.15) is 0 Å². The minimum Gasteiger partial charge on any atom is -0.331 e. The standard InChI is InChI=1S/C11H10ClN3OS/c12-6-3-10(16)15(5-6)7-1-2-8-9(4-7)14-11(17)13-8/h1-2,4,6H,3,5H2,(H2,13,14,17). The maximum atomic E-state index is 11.7. The predicted octanol–water partition coefficient (Wildman–Crippen LogP) is 2.57. The molecule has 1 aromatic carbocycles. The summed E-state index contributed by atoms with van der Waals surface area (Å²) in [6.45, 7) is 0.567. The molecular formula is C11H10ClN3OS. The lowest BCUT2D eigenvalue weighted by molar-refractivity contribution is -0.117. The van der Waals surface area contributed by atoms with Crippen LogP contribution >= 0.6 is 23.8 Å². The molecule has 1 fully saturated rings. The van der Waals surface area contributed by atoms with E-state index in [1.165, 1.54) is 0 Å². The Kier molecular flexibility index (Phi) is 2.45. The lowest BCUT2D eigenvalue weighted by Gasteiger charge is -2.15. The third kappa shape index (κ3) is 1.85. The Hall–Kier alpha value is -1.33. The molecule has 1 aromatic heterocycles. The number of hydrogen-bond acceptors (Lipinski definition) is 2. The first-order valence-electron chi connectivity index (χ1n) is 5.30. The van der Waals surface area contributed by atoms with E-state index < -0.39 is 0 Å². The van der Waals surface area contributed by atoms with Gasteiger partial charge < -0.3 is 14.9 Å². The summed E-state index contributed by atoms with van der Waals surface area (Å²) in [5, 5.41) is -0.0945. The number of rotatable bonds is 1. The van der Waals surface area contributed by atoms with Gasteiger partial charge in [0, 0.05) is 18.7 Å². The van der Waals surface area contributed by atoms with Crippen LogP contribution in [0.2, 0.25) is 0 Å². The predicted molar refractivity (Wildman–Crippen MR) is 70.1 cm³/mol. The first-order chi connectivity index (χ1) is 8.13. The Labute approximate surface area is 108 Å². The molecule has 4 nitrogen and oxygen atoms in total. The summed E-state index contributed by atoms with van der Waals surface area (Å²) in [6.07, 6.45) is 0.405. The highest BCUT2D eigenvalue weighted by molar-refractivity contribution is 7.71. The van der Waals surface area contributed by atoms with Crippen LogP contribution in [0.3, 0.4) is 0 Å². The van der Waals surface area contributed by atoms with E-state index in [0.29, 0.717) is 17.7 Å². The highest BCUT2D eigenvalue weighted by Gasteiger charge is 2.29. The second kappa shape index (κ2) is 3.85. The fourth-order valence-corrected chi connectivity index (χ4v) is 2.59. The molecule has 1 aliphatic heterocycles. The first-order valence-corrected chi connectivity index (χ1v) is 6.14. The van der Waals surface area contributed by atoms with E-state index in [0.717, 1.165) is 16.7 Å². The normalized spacial score (nSPS) is 20.4. The van der Waals surface area contributed by atoms with Gasteiger partial charge in [-0.15, -0.1) is 11.6 Å². The van der Waals surface area contributed by atoms with Crippen molar-refractivity contribution in [1.29, 1.82) is 0 Å².